The van der Waals surface area contributed by atoms with Crippen LogP contribution in [0.3, 0.4) is 0 Å². The second-order valence-corrected chi connectivity index (χ2v) is 6.05. The van der Waals surface area contributed by atoms with Crippen LogP contribution in [0, 0.1) is 0 Å². The normalized spacial score (nSPS) is 16.5. The van der Waals surface area contributed by atoms with Crippen LogP contribution in [0.15, 0.2) is 48.5 Å². The number of hydrogen-bond acceptors (Lipinski definition) is 3. The zero-order valence-electron chi connectivity index (χ0n) is 13.8. The van der Waals surface area contributed by atoms with Gasteiger partial charge in [0.15, 0.2) is 0 Å². The summed E-state index contributed by atoms with van der Waals surface area (Å²) in [7, 11) is 2.01. The molecule has 2 aromatic carbocycles. The van der Waals surface area contributed by atoms with Crippen LogP contribution < -0.4 is 14.8 Å². The molecule has 0 spiro atoms. The molecule has 0 aliphatic carbocycles. The maximum atomic E-state index is 5.90. The molecule has 0 amide bonds. The average Bonchev–Trinajstić information content (AvgIpc) is 2.61. The predicted molar refractivity (Wildman–Crippen MR) is 93.2 cm³/mol. The van der Waals surface area contributed by atoms with Gasteiger partial charge in [-0.1, -0.05) is 36.4 Å². The van der Waals surface area contributed by atoms with Gasteiger partial charge in [0.05, 0.1) is 6.61 Å². The van der Waals surface area contributed by atoms with Crippen LogP contribution in [0.25, 0.3) is 0 Å². The Balaban J connectivity index is 1.64. The highest BCUT2D eigenvalue weighted by Crippen LogP contribution is 2.38. The molecule has 0 saturated heterocycles. The molecule has 0 radical (unpaired) electrons. The van der Waals surface area contributed by atoms with E-state index in [4.69, 9.17) is 9.47 Å². The van der Waals surface area contributed by atoms with E-state index in [1.165, 1.54) is 24.0 Å². The van der Waals surface area contributed by atoms with Gasteiger partial charge in [0.25, 0.3) is 0 Å². The van der Waals surface area contributed by atoms with E-state index in [-0.39, 0.29) is 0 Å². The standard InChI is InChI=1S/C20H25NO2/c1-21-12-5-8-17-11-13-22-20-14-18(9-10-19(17)20)23-15-16-6-3-2-4-7-16/h2-4,6-7,9-10,14,17,21H,5,8,11-13,15H2,1H3. The fraction of sp³-hybridized carbons (Fsp3) is 0.400. The smallest absolute Gasteiger partial charge is 0.126 e. The number of fused-ring (bicyclic) bond motifs is 1. The van der Waals surface area contributed by atoms with Crippen molar-refractivity contribution >= 4 is 0 Å². The van der Waals surface area contributed by atoms with Gasteiger partial charge >= 0.3 is 0 Å². The number of hydrogen-bond donors (Lipinski definition) is 1. The van der Waals surface area contributed by atoms with Gasteiger partial charge in [-0.2, -0.15) is 0 Å². The largest absolute Gasteiger partial charge is 0.493 e. The molecule has 1 N–H and O–H groups in total. The molecule has 1 aliphatic heterocycles. The summed E-state index contributed by atoms with van der Waals surface area (Å²) in [4.78, 5) is 0. The molecule has 1 heterocycles. The van der Waals surface area contributed by atoms with Crippen molar-refractivity contribution < 1.29 is 9.47 Å². The topological polar surface area (TPSA) is 30.5 Å². The number of benzene rings is 2. The molecule has 2 aromatic rings. The number of nitrogens with one attached hydrogen (secondary N) is 1. The number of ether oxygens (including phenoxy) is 2. The Morgan fingerprint density at radius 1 is 1.17 bits per heavy atom. The van der Waals surface area contributed by atoms with Crippen LogP contribution >= 0.6 is 0 Å². The average molecular weight is 311 g/mol. The fourth-order valence-corrected chi connectivity index (χ4v) is 3.10. The molecule has 122 valence electrons. The Hall–Kier alpha value is -2.00. The summed E-state index contributed by atoms with van der Waals surface area (Å²) in [6.07, 6.45) is 3.52. The second-order valence-electron chi connectivity index (χ2n) is 6.05. The Kier molecular flexibility index (Phi) is 5.54. The van der Waals surface area contributed by atoms with Crippen LogP contribution in [0.1, 0.15) is 36.3 Å². The summed E-state index contributed by atoms with van der Waals surface area (Å²) in [5.41, 5.74) is 2.51. The predicted octanol–water partition coefficient (Wildman–Crippen LogP) is 4.13. The summed E-state index contributed by atoms with van der Waals surface area (Å²) >= 11 is 0. The summed E-state index contributed by atoms with van der Waals surface area (Å²) in [6, 6.07) is 16.5. The Morgan fingerprint density at radius 3 is 2.87 bits per heavy atom. The van der Waals surface area contributed by atoms with Crippen molar-refractivity contribution in [1.29, 1.82) is 0 Å². The SMILES string of the molecule is CNCCCC1CCOc2cc(OCc3ccccc3)ccc21. The van der Waals surface area contributed by atoms with Crippen molar-refractivity contribution in [3.63, 3.8) is 0 Å². The highest BCUT2D eigenvalue weighted by Gasteiger charge is 2.21. The third-order valence-electron chi connectivity index (χ3n) is 4.38. The molecule has 1 unspecified atom stereocenters. The summed E-state index contributed by atoms with van der Waals surface area (Å²) in [6.45, 7) is 2.47. The van der Waals surface area contributed by atoms with Gasteiger partial charge in [-0.15, -0.1) is 0 Å². The molecule has 23 heavy (non-hydrogen) atoms. The van der Waals surface area contributed by atoms with Crippen molar-refractivity contribution in [2.24, 2.45) is 0 Å². The van der Waals surface area contributed by atoms with Crippen molar-refractivity contribution in [2.45, 2.75) is 31.8 Å². The molecule has 3 rings (SSSR count). The van der Waals surface area contributed by atoms with Crippen molar-refractivity contribution in [2.75, 3.05) is 20.2 Å². The van der Waals surface area contributed by atoms with Crippen LogP contribution in [-0.4, -0.2) is 20.2 Å². The van der Waals surface area contributed by atoms with E-state index in [2.05, 4.69) is 29.6 Å². The maximum absolute atomic E-state index is 5.90. The van der Waals surface area contributed by atoms with Crippen LogP contribution in [0.5, 0.6) is 11.5 Å². The first-order valence-electron chi connectivity index (χ1n) is 8.45. The lowest BCUT2D eigenvalue weighted by Crippen LogP contribution is -2.16. The molecule has 3 heteroatoms. The second kappa shape index (κ2) is 8.02. The molecular formula is C20H25NO2. The van der Waals surface area contributed by atoms with Gasteiger partial charge in [-0.25, -0.2) is 0 Å². The van der Waals surface area contributed by atoms with E-state index in [0.717, 1.165) is 31.1 Å². The van der Waals surface area contributed by atoms with Crippen LogP contribution in [-0.2, 0) is 6.61 Å². The third-order valence-corrected chi connectivity index (χ3v) is 4.38. The van der Waals surface area contributed by atoms with Gasteiger partial charge in [0.1, 0.15) is 18.1 Å². The molecule has 1 aliphatic rings. The lowest BCUT2D eigenvalue weighted by Gasteiger charge is -2.26. The van der Waals surface area contributed by atoms with Crippen LogP contribution in [0.2, 0.25) is 0 Å². The molecule has 0 fully saturated rings. The molecule has 0 saturated carbocycles. The van der Waals surface area contributed by atoms with Crippen LogP contribution in [0.4, 0.5) is 0 Å². The van der Waals surface area contributed by atoms with Gasteiger partial charge in [-0.3, -0.25) is 0 Å². The minimum absolute atomic E-state index is 0.589. The fourth-order valence-electron chi connectivity index (χ4n) is 3.10. The highest BCUT2D eigenvalue weighted by molar-refractivity contribution is 5.44. The monoisotopic (exact) mass is 311 g/mol. The van der Waals surface area contributed by atoms with Gasteiger partial charge < -0.3 is 14.8 Å². The summed E-state index contributed by atoms with van der Waals surface area (Å²) in [5, 5.41) is 3.22. The lowest BCUT2D eigenvalue weighted by molar-refractivity contribution is 0.256. The molecule has 0 aromatic heterocycles. The van der Waals surface area contributed by atoms with E-state index in [0.29, 0.717) is 12.5 Å². The van der Waals surface area contributed by atoms with Crippen molar-refractivity contribution in [3.8, 4) is 11.5 Å². The van der Waals surface area contributed by atoms with Gasteiger partial charge in [0, 0.05) is 6.07 Å². The quantitative estimate of drug-likeness (QED) is 0.780. The Labute approximate surface area is 138 Å². The van der Waals surface area contributed by atoms with E-state index in [9.17, 15) is 0 Å². The first-order valence-corrected chi connectivity index (χ1v) is 8.45. The van der Waals surface area contributed by atoms with Gasteiger partial charge in [0.2, 0.25) is 0 Å². The van der Waals surface area contributed by atoms with E-state index in [1.807, 2.05) is 31.3 Å². The van der Waals surface area contributed by atoms with E-state index >= 15 is 0 Å². The Morgan fingerprint density at radius 2 is 2.04 bits per heavy atom. The molecule has 0 bridgehead atoms. The molecular weight excluding hydrogens is 286 g/mol. The van der Waals surface area contributed by atoms with Crippen molar-refractivity contribution in [3.05, 3.63) is 59.7 Å². The number of rotatable bonds is 7. The summed E-state index contributed by atoms with van der Waals surface area (Å²) < 4.78 is 11.8. The molecule has 1 atom stereocenters. The maximum Gasteiger partial charge on any atom is 0.126 e. The summed E-state index contributed by atoms with van der Waals surface area (Å²) in [5.74, 6) is 2.48. The first-order chi connectivity index (χ1) is 11.4. The van der Waals surface area contributed by atoms with Crippen molar-refractivity contribution in [1.82, 2.24) is 5.32 Å². The molecule has 3 nitrogen and oxygen atoms in total. The zero-order valence-corrected chi connectivity index (χ0v) is 13.8. The first kappa shape index (κ1) is 15.9. The van der Waals surface area contributed by atoms with E-state index in [1.54, 1.807) is 0 Å². The van der Waals surface area contributed by atoms with E-state index < -0.39 is 0 Å². The highest BCUT2D eigenvalue weighted by atomic mass is 16.5. The van der Waals surface area contributed by atoms with Gasteiger partial charge in [-0.05, 0) is 56.0 Å². The zero-order chi connectivity index (χ0) is 15.9. The Bertz CT molecular complexity index is 612. The minimum Gasteiger partial charge on any atom is -0.493 e. The third kappa shape index (κ3) is 4.26. The minimum atomic E-state index is 0.589. The lowest BCUT2D eigenvalue weighted by atomic mass is 9.89.